The number of carboxylic acids is 2. The third kappa shape index (κ3) is 25.5. The fraction of sp³-hybridized carbons (Fsp3) is 0.603. The van der Waals surface area contributed by atoms with Gasteiger partial charge in [0.15, 0.2) is 0 Å². The second-order valence-electron chi connectivity index (χ2n) is 30.0. The first-order valence-corrected chi connectivity index (χ1v) is 39.3. The summed E-state index contributed by atoms with van der Waals surface area (Å²) >= 11 is 1.45. The van der Waals surface area contributed by atoms with Crippen LogP contribution >= 0.6 is 11.3 Å². The molecule has 13 atom stereocenters. The molecule has 34 nitrogen and oxygen atoms in total. The number of amides is 13. The van der Waals surface area contributed by atoms with E-state index in [9.17, 15) is 72.5 Å². The number of carbonyl (C=O) groups is 14. The van der Waals surface area contributed by atoms with Gasteiger partial charge in [0, 0.05) is 89.8 Å². The standard InChI is InChI=1S/C78H112N14O20S/c1-12-47(6)68(58(109-10)39-62(96)90-31-17-21-57(90)70(110-11)48(7)71(102)84-56(75-80-30-35-113-75)36-49-18-14-13-15-19-49)88(9)76(106)67(46(4)5)86-74(105)69-50-23-25-54(38-50)92(69)78(108)112-44-51-22-24-53(37-52(51)40-87(8)63(97)41-89(42-64(98)99)43-65(100)101)82-72(103)55(20-16-29-81-77(79)107)83-73(104)66(45(2)3)85-59(93)28-33-111-34-32-91-60(94)26-27-61(91)95/h13-15,18-19,22,24,26-27,30,35,37,45-48,50,54-58,66-70H,12,16-17,20-21,23,25,28-29,31-34,36,38-44H2,1-11H3,(H,82,103)(H,83,104)(H,84,102)(H,85,93)(H,86,105)(H,98,99)(H,100,101)(H3,79,81,107)/t47-,48+,50-,54+,55?,56-,57-,58+,66-,67-,68-,69-,70+/m0/s1. The number of nitrogens with one attached hydrogen (secondary N) is 6. The molecule has 3 aromatic rings. The molecule has 1 saturated carbocycles. The molecule has 7 rings (SSSR count). The van der Waals surface area contributed by atoms with E-state index in [0.717, 1.165) is 32.5 Å². The van der Waals surface area contributed by atoms with Gasteiger partial charge >= 0.3 is 24.1 Å². The Morgan fingerprint density at radius 2 is 1.47 bits per heavy atom. The number of hydrogen-bond acceptors (Lipinski definition) is 21. The number of benzene rings is 2. The highest BCUT2D eigenvalue weighted by Crippen LogP contribution is 2.43. The number of piperidine rings is 1. The summed E-state index contributed by atoms with van der Waals surface area (Å²) in [6.45, 7) is 9.86. The van der Waals surface area contributed by atoms with Crippen molar-refractivity contribution in [2.75, 3.05) is 86.1 Å². The molecule has 0 spiro atoms. The maximum Gasteiger partial charge on any atom is 0.411 e. The van der Waals surface area contributed by atoms with Crippen molar-refractivity contribution in [1.82, 2.24) is 61.0 Å². The molecule has 0 radical (unpaired) electrons. The minimum atomic E-state index is -1.39. The smallest absolute Gasteiger partial charge is 0.411 e. The van der Waals surface area contributed by atoms with Gasteiger partial charge in [-0.3, -0.25) is 72.2 Å². The predicted octanol–water partition coefficient (Wildman–Crippen LogP) is 3.57. The molecule has 3 aliphatic heterocycles. The molecule has 1 unspecified atom stereocenters. The van der Waals surface area contributed by atoms with Gasteiger partial charge in [-0.05, 0) is 104 Å². The predicted molar refractivity (Wildman–Crippen MR) is 413 cm³/mol. The Balaban J connectivity index is 1.05. The van der Waals surface area contributed by atoms with Crippen molar-refractivity contribution in [3.05, 3.63) is 94.0 Å². The molecule has 1 aliphatic carbocycles. The van der Waals surface area contributed by atoms with Crippen LogP contribution in [0.5, 0.6) is 0 Å². The Hall–Kier alpha value is -9.97. The molecule has 10 N–H and O–H groups in total. The summed E-state index contributed by atoms with van der Waals surface area (Å²) < 4.78 is 23.8. The number of aromatic nitrogens is 1. The fourth-order valence-electron chi connectivity index (χ4n) is 15.2. The maximum absolute atomic E-state index is 15.2. The van der Waals surface area contributed by atoms with Gasteiger partial charge in [-0.1, -0.05) is 91.3 Å². The Kier molecular flexibility index (Phi) is 34.6. The number of likely N-dealkylation sites (tertiary alicyclic amines) is 2. The van der Waals surface area contributed by atoms with E-state index < -0.39 is 176 Å². The molecule has 4 aliphatic rings. The minimum Gasteiger partial charge on any atom is -0.480 e. The number of rotatable bonds is 45. The van der Waals surface area contributed by atoms with Crippen molar-refractivity contribution < 1.29 is 96.3 Å². The first kappa shape index (κ1) is 90.2. The summed E-state index contributed by atoms with van der Waals surface area (Å²) in [5, 5.41) is 38.5. The molecule has 2 saturated heterocycles. The molecule has 35 heteroatoms. The number of thiazole rings is 1. The van der Waals surface area contributed by atoms with Crippen LogP contribution in [0.2, 0.25) is 0 Å². The van der Waals surface area contributed by atoms with Crippen molar-refractivity contribution in [3.8, 4) is 0 Å². The van der Waals surface area contributed by atoms with Crippen LogP contribution < -0.4 is 37.6 Å². The third-order valence-corrected chi connectivity index (χ3v) is 22.2. The van der Waals surface area contributed by atoms with Crippen molar-refractivity contribution >= 4 is 100 Å². The molecule has 1 aromatic heterocycles. The van der Waals surface area contributed by atoms with Gasteiger partial charge in [0.2, 0.25) is 47.3 Å². The molecule has 113 heavy (non-hydrogen) atoms. The summed E-state index contributed by atoms with van der Waals surface area (Å²) in [4.78, 5) is 201. The number of ether oxygens (including phenoxy) is 4. The van der Waals surface area contributed by atoms with Gasteiger partial charge < -0.3 is 81.5 Å². The zero-order chi connectivity index (χ0) is 82.9. The van der Waals surface area contributed by atoms with E-state index >= 15 is 4.79 Å². The van der Waals surface area contributed by atoms with E-state index in [2.05, 4.69) is 36.9 Å². The van der Waals surface area contributed by atoms with E-state index in [1.807, 2.05) is 49.6 Å². The van der Waals surface area contributed by atoms with Gasteiger partial charge in [-0.15, -0.1) is 11.3 Å². The lowest BCUT2D eigenvalue weighted by molar-refractivity contribution is -0.148. The van der Waals surface area contributed by atoms with E-state index in [1.165, 1.54) is 60.6 Å². The summed E-state index contributed by atoms with van der Waals surface area (Å²) in [5.41, 5.74) is 6.99. The Morgan fingerprint density at radius 1 is 0.779 bits per heavy atom. The van der Waals surface area contributed by atoms with Gasteiger partial charge in [-0.2, -0.15) is 0 Å². The molecule has 3 fully saturated rings. The van der Waals surface area contributed by atoms with Crippen molar-refractivity contribution in [3.63, 3.8) is 0 Å². The zero-order valence-electron chi connectivity index (χ0n) is 66.3. The average molecular weight is 1600 g/mol. The number of anilines is 1. The molecule has 4 heterocycles. The van der Waals surface area contributed by atoms with Gasteiger partial charge in [0.25, 0.3) is 11.8 Å². The second kappa shape index (κ2) is 43.3. The van der Waals surface area contributed by atoms with E-state index in [1.54, 1.807) is 57.7 Å². The quantitative estimate of drug-likeness (QED) is 0.0288. The monoisotopic (exact) mass is 1600 g/mol. The number of primary amides is 1. The lowest BCUT2D eigenvalue weighted by Crippen LogP contribution is -2.60. The summed E-state index contributed by atoms with van der Waals surface area (Å²) in [5.74, 6) is -10.3. The van der Waals surface area contributed by atoms with Crippen LogP contribution in [0.1, 0.15) is 140 Å². The van der Waals surface area contributed by atoms with E-state index in [-0.39, 0.29) is 99.0 Å². The summed E-state index contributed by atoms with van der Waals surface area (Å²) in [6, 6.07) is 6.74. The fourth-order valence-corrected chi connectivity index (χ4v) is 15.9. The molecule has 2 bridgehead atoms. The number of methoxy groups -OCH3 is 2. The lowest BCUT2D eigenvalue weighted by Gasteiger charge is -2.41. The molecule has 620 valence electrons. The van der Waals surface area contributed by atoms with Crippen LogP contribution in [0.4, 0.5) is 15.3 Å². The first-order valence-electron chi connectivity index (χ1n) is 38.4. The SMILES string of the molecule is CC[C@H](C)[C@@H]([C@@H](CC(=O)N1CCC[C@H]1[C@H](OC)[C@@H](C)C(=O)N[C@@H](Cc1ccccc1)c1nccs1)OC)N(C)C(=O)[C@@H](NC(=O)[C@@H]1[C@H]2CC[C@H](C2)N1C(=O)OCc1ccc(NC(=O)C(CCCNC(N)=O)NC(=O)[C@@H](NC(=O)CCOCCN2C(=O)C=CC2=O)C(C)C)cc1CN(C)C(=O)CN(CC(=O)O)CC(=O)O)C(C)C. The van der Waals surface area contributed by atoms with Crippen LogP contribution in [-0.4, -0.2) is 263 Å². The van der Waals surface area contributed by atoms with Crippen LogP contribution in [0.3, 0.4) is 0 Å². The average Bonchev–Trinajstić information content (AvgIpc) is 1.59. The number of nitrogens with two attached hydrogens (primary N) is 1. The summed E-state index contributed by atoms with van der Waals surface area (Å²) in [7, 11) is 6.02. The van der Waals surface area contributed by atoms with E-state index in [0.29, 0.717) is 51.5 Å². The number of fused-ring (bicyclic) bond motifs is 2. The number of hydrogen-bond donors (Lipinski definition) is 9. The van der Waals surface area contributed by atoms with E-state index in [4.69, 9.17) is 24.7 Å². The normalized spacial score (nSPS) is 18.9. The highest BCUT2D eigenvalue weighted by atomic mass is 32.1. The molecule has 2 aromatic carbocycles. The maximum atomic E-state index is 15.2. The highest BCUT2D eigenvalue weighted by Gasteiger charge is 2.53. The first-order chi connectivity index (χ1) is 53.7. The Bertz CT molecular complexity index is 3810. The molecule has 13 amide bonds. The second-order valence-corrected chi connectivity index (χ2v) is 31.0. The van der Waals surface area contributed by atoms with Gasteiger partial charge in [-0.25, -0.2) is 14.6 Å². The number of nitrogens with zero attached hydrogens (tertiary/aromatic N) is 7. The summed E-state index contributed by atoms with van der Waals surface area (Å²) in [6.07, 6.45) is 5.26. The number of likely N-dealkylation sites (N-methyl/N-ethyl adjacent to an activating group) is 2. The van der Waals surface area contributed by atoms with Crippen molar-refractivity contribution in [2.45, 2.75) is 193 Å². The van der Waals surface area contributed by atoms with Crippen molar-refractivity contribution in [1.29, 1.82) is 0 Å². The molecular weight excluding hydrogens is 1490 g/mol. The minimum absolute atomic E-state index is 0.00142. The Morgan fingerprint density at radius 3 is 2.09 bits per heavy atom. The Labute approximate surface area is 662 Å². The van der Waals surface area contributed by atoms with Crippen LogP contribution in [0.15, 0.2) is 72.3 Å². The van der Waals surface area contributed by atoms with Crippen LogP contribution in [0, 0.1) is 29.6 Å². The number of carbonyl (C=O) groups excluding carboxylic acids is 12. The van der Waals surface area contributed by atoms with Crippen LogP contribution in [0.25, 0.3) is 0 Å². The molecular formula is C78H112N14O20S. The number of urea groups is 1. The van der Waals surface area contributed by atoms with Gasteiger partial charge in [0.05, 0.1) is 82.1 Å². The lowest BCUT2D eigenvalue weighted by atomic mass is 9.89. The number of aliphatic carboxylic acids is 2. The topological polar surface area (TPSA) is 447 Å². The van der Waals surface area contributed by atoms with Gasteiger partial charge in [0.1, 0.15) is 35.8 Å². The largest absolute Gasteiger partial charge is 0.480 e. The van der Waals surface area contributed by atoms with Crippen LogP contribution in [-0.2, 0) is 96.1 Å². The van der Waals surface area contributed by atoms with Crippen molar-refractivity contribution in [2.24, 2.45) is 35.3 Å². The number of carboxylic acid groups (broad SMARTS) is 2. The zero-order valence-corrected chi connectivity index (χ0v) is 67.1. The highest BCUT2D eigenvalue weighted by molar-refractivity contribution is 7.09. The number of imide groups is 1. The third-order valence-electron chi connectivity index (χ3n) is 21.3.